The van der Waals surface area contributed by atoms with Gasteiger partial charge in [0.1, 0.15) is 0 Å². The molecule has 1 fully saturated rings. The van der Waals surface area contributed by atoms with Crippen molar-refractivity contribution in [2.75, 3.05) is 33.3 Å². The van der Waals surface area contributed by atoms with Gasteiger partial charge >= 0.3 is 5.97 Å². The maximum absolute atomic E-state index is 12.0. The average molecular weight is 331 g/mol. The van der Waals surface area contributed by atoms with Crippen LogP contribution in [0, 0.1) is 5.92 Å². The average Bonchev–Trinajstić information content (AvgIpc) is 2.63. The molecule has 0 aromatic heterocycles. The Morgan fingerprint density at radius 3 is 2.83 bits per heavy atom. The number of hydrogen-bond acceptors (Lipinski definition) is 3. The molecule has 1 saturated heterocycles. The first-order valence-electron chi connectivity index (χ1n) is 8.82. The maximum atomic E-state index is 12.0. The van der Waals surface area contributed by atoms with Crippen molar-refractivity contribution < 1.29 is 9.53 Å². The number of guanidine groups is 1. The highest BCUT2D eigenvalue weighted by molar-refractivity contribution is 5.81. The second-order valence-corrected chi connectivity index (χ2v) is 6.28. The van der Waals surface area contributed by atoms with Crippen LogP contribution in [0.2, 0.25) is 0 Å². The highest BCUT2D eigenvalue weighted by Gasteiger charge is 2.28. The Labute approximate surface area is 145 Å². The van der Waals surface area contributed by atoms with Gasteiger partial charge in [-0.1, -0.05) is 37.3 Å². The molecule has 0 saturated carbocycles. The van der Waals surface area contributed by atoms with E-state index in [1.165, 1.54) is 5.56 Å². The minimum Gasteiger partial charge on any atom is -0.466 e. The van der Waals surface area contributed by atoms with Crippen molar-refractivity contribution in [2.45, 2.75) is 32.6 Å². The molecule has 1 aromatic carbocycles. The first-order chi connectivity index (χ1) is 11.7. The van der Waals surface area contributed by atoms with E-state index < -0.39 is 0 Å². The molecule has 2 rings (SSSR count). The molecule has 1 aliphatic heterocycles. The zero-order chi connectivity index (χ0) is 17.4. The second kappa shape index (κ2) is 9.30. The molecule has 0 aliphatic carbocycles. The van der Waals surface area contributed by atoms with Crippen molar-refractivity contribution >= 4 is 11.9 Å². The summed E-state index contributed by atoms with van der Waals surface area (Å²) in [6.45, 7) is 6.92. The third-order valence-corrected chi connectivity index (χ3v) is 4.49. The molecule has 24 heavy (non-hydrogen) atoms. The van der Waals surface area contributed by atoms with Gasteiger partial charge in [-0.25, -0.2) is 0 Å². The van der Waals surface area contributed by atoms with Crippen LogP contribution in [0.15, 0.2) is 35.3 Å². The summed E-state index contributed by atoms with van der Waals surface area (Å²) in [6, 6.07) is 10.5. The molecular weight excluding hydrogens is 302 g/mol. The fourth-order valence-electron chi connectivity index (χ4n) is 3.10. The summed E-state index contributed by atoms with van der Waals surface area (Å²) in [5.74, 6) is 1.12. The number of rotatable bonds is 5. The molecular formula is C19H29N3O2. The van der Waals surface area contributed by atoms with Crippen molar-refractivity contribution in [1.29, 1.82) is 0 Å². The van der Waals surface area contributed by atoms with Crippen molar-refractivity contribution in [2.24, 2.45) is 10.9 Å². The number of piperidine rings is 1. The van der Waals surface area contributed by atoms with Gasteiger partial charge in [0.05, 0.1) is 12.5 Å². The first kappa shape index (κ1) is 18.3. The molecule has 5 nitrogen and oxygen atoms in total. The van der Waals surface area contributed by atoms with Crippen molar-refractivity contribution in [3.8, 4) is 0 Å². The van der Waals surface area contributed by atoms with Gasteiger partial charge in [-0.05, 0) is 31.2 Å². The number of nitrogens with zero attached hydrogens (tertiary/aromatic N) is 2. The minimum atomic E-state index is -0.0877. The lowest BCUT2D eigenvalue weighted by molar-refractivity contribution is -0.149. The summed E-state index contributed by atoms with van der Waals surface area (Å²) in [5.41, 5.74) is 1.31. The molecule has 1 unspecified atom stereocenters. The number of nitrogens with one attached hydrogen (secondary N) is 1. The number of hydrogen-bond donors (Lipinski definition) is 1. The summed E-state index contributed by atoms with van der Waals surface area (Å²) in [7, 11) is 1.80. The van der Waals surface area contributed by atoms with Crippen LogP contribution >= 0.6 is 0 Å². The lowest BCUT2D eigenvalue weighted by Gasteiger charge is -2.34. The first-order valence-corrected chi connectivity index (χ1v) is 8.82. The van der Waals surface area contributed by atoms with Crippen LogP contribution in [0.1, 0.15) is 38.2 Å². The van der Waals surface area contributed by atoms with E-state index in [2.05, 4.69) is 46.4 Å². The van der Waals surface area contributed by atoms with Gasteiger partial charge in [-0.15, -0.1) is 0 Å². The van der Waals surface area contributed by atoms with Gasteiger partial charge in [0.2, 0.25) is 0 Å². The van der Waals surface area contributed by atoms with Gasteiger partial charge in [0.25, 0.3) is 0 Å². The van der Waals surface area contributed by atoms with Crippen LogP contribution in [0.4, 0.5) is 0 Å². The van der Waals surface area contributed by atoms with E-state index in [-0.39, 0.29) is 11.9 Å². The molecule has 0 amide bonds. The smallest absolute Gasteiger partial charge is 0.310 e. The van der Waals surface area contributed by atoms with Crippen LogP contribution in [0.3, 0.4) is 0 Å². The van der Waals surface area contributed by atoms with Crippen molar-refractivity contribution in [1.82, 2.24) is 10.2 Å². The largest absolute Gasteiger partial charge is 0.466 e. The van der Waals surface area contributed by atoms with E-state index in [1.807, 2.05) is 13.0 Å². The Balaban J connectivity index is 1.90. The van der Waals surface area contributed by atoms with Crippen LogP contribution in [-0.4, -0.2) is 50.1 Å². The fraction of sp³-hybridized carbons (Fsp3) is 0.579. The molecule has 0 bridgehead atoms. The molecule has 0 radical (unpaired) electrons. The number of carbonyl (C=O) groups excluding carboxylic acids is 1. The van der Waals surface area contributed by atoms with Gasteiger partial charge in [0, 0.05) is 26.7 Å². The highest BCUT2D eigenvalue weighted by atomic mass is 16.5. The van der Waals surface area contributed by atoms with Crippen molar-refractivity contribution in [3.05, 3.63) is 35.9 Å². The summed E-state index contributed by atoms with van der Waals surface area (Å²) in [4.78, 5) is 18.6. The van der Waals surface area contributed by atoms with Gasteiger partial charge in [-0.3, -0.25) is 9.79 Å². The SMILES string of the molecule is CCOC(=O)[C@@H]1CCCN(C(=NC)NCC(C)c2ccccc2)C1. The maximum Gasteiger partial charge on any atom is 0.310 e. The standard InChI is InChI=1S/C19H29N3O2/c1-4-24-18(23)17-11-8-12-22(14-17)19(20-3)21-13-15(2)16-9-6-5-7-10-16/h5-7,9-10,15,17H,4,8,11-14H2,1-3H3,(H,20,21)/t15?,17-/m1/s1. The van der Waals surface area contributed by atoms with Crippen LogP contribution < -0.4 is 5.32 Å². The lowest BCUT2D eigenvalue weighted by Crippen LogP contribution is -2.48. The fourth-order valence-corrected chi connectivity index (χ4v) is 3.10. The molecule has 1 heterocycles. The molecule has 132 valence electrons. The number of ether oxygens (including phenoxy) is 1. The van der Waals surface area contributed by atoms with E-state index in [4.69, 9.17) is 4.74 Å². The number of carbonyl (C=O) groups is 1. The number of esters is 1. The lowest BCUT2D eigenvalue weighted by atomic mass is 9.98. The van der Waals surface area contributed by atoms with E-state index in [1.54, 1.807) is 7.05 Å². The van der Waals surface area contributed by atoms with Gasteiger partial charge in [-0.2, -0.15) is 0 Å². The van der Waals surface area contributed by atoms with E-state index >= 15 is 0 Å². The molecule has 0 spiro atoms. The van der Waals surface area contributed by atoms with E-state index in [9.17, 15) is 4.79 Å². The Morgan fingerprint density at radius 2 is 2.17 bits per heavy atom. The summed E-state index contributed by atoms with van der Waals surface area (Å²) < 4.78 is 5.17. The highest BCUT2D eigenvalue weighted by Crippen LogP contribution is 2.18. The zero-order valence-corrected chi connectivity index (χ0v) is 15.0. The van der Waals surface area contributed by atoms with Gasteiger partial charge in [0.15, 0.2) is 5.96 Å². The predicted molar refractivity (Wildman–Crippen MR) is 97.1 cm³/mol. The second-order valence-electron chi connectivity index (χ2n) is 6.28. The zero-order valence-electron chi connectivity index (χ0n) is 15.0. The number of benzene rings is 1. The van der Waals surface area contributed by atoms with E-state index in [0.717, 1.165) is 31.9 Å². The predicted octanol–water partition coefficient (Wildman–Crippen LogP) is 2.64. The third-order valence-electron chi connectivity index (χ3n) is 4.49. The van der Waals surface area contributed by atoms with E-state index in [0.29, 0.717) is 19.1 Å². The topological polar surface area (TPSA) is 53.9 Å². The molecule has 1 aliphatic rings. The molecule has 1 aromatic rings. The van der Waals surface area contributed by atoms with Gasteiger partial charge < -0.3 is 15.0 Å². The Morgan fingerprint density at radius 1 is 1.42 bits per heavy atom. The summed E-state index contributed by atoms with van der Waals surface area (Å²) >= 11 is 0. The Hall–Kier alpha value is -2.04. The molecule has 1 N–H and O–H groups in total. The number of aliphatic imine (C=N–C) groups is 1. The normalized spacial score (nSPS) is 19.7. The molecule has 2 atom stereocenters. The van der Waals surface area contributed by atoms with Crippen LogP contribution in [0.5, 0.6) is 0 Å². The molecule has 5 heteroatoms. The number of likely N-dealkylation sites (tertiary alicyclic amines) is 1. The quantitative estimate of drug-likeness (QED) is 0.512. The summed E-state index contributed by atoms with van der Waals surface area (Å²) in [6.07, 6.45) is 1.88. The van der Waals surface area contributed by atoms with Crippen molar-refractivity contribution in [3.63, 3.8) is 0 Å². The van der Waals surface area contributed by atoms with Crippen LogP contribution in [-0.2, 0) is 9.53 Å². The monoisotopic (exact) mass is 331 g/mol. The Kier molecular flexibility index (Phi) is 7.09. The summed E-state index contributed by atoms with van der Waals surface area (Å²) in [5, 5.41) is 3.45. The third kappa shape index (κ3) is 4.98. The Bertz CT molecular complexity index is 545. The van der Waals surface area contributed by atoms with Crippen LogP contribution in [0.25, 0.3) is 0 Å². The minimum absolute atomic E-state index is 0.0520.